The molecule has 0 radical (unpaired) electrons. The molecule has 0 amide bonds. The van der Waals surface area contributed by atoms with Gasteiger partial charge in [-0.2, -0.15) is 0 Å². The first-order valence-electron chi connectivity index (χ1n) is 8.26. The Balaban J connectivity index is 2.33. The average molecular weight is 334 g/mol. The number of Topliss-reactive ketones (excluding diaryl/α,β-unsaturated/α-hetero) is 1. The molecular formula is C19H26O5. The maximum absolute atomic E-state index is 12.2. The minimum atomic E-state index is -0.967. The molecule has 0 aromatic carbocycles. The number of rotatable bonds is 4. The summed E-state index contributed by atoms with van der Waals surface area (Å²) < 4.78 is 0. The highest BCUT2D eigenvalue weighted by molar-refractivity contribution is 5.95. The zero-order chi connectivity index (χ0) is 18.2. The monoisotopic (exact) mass is 334 g/mol. The van der Waals surface area contributed by atoms with Crippen molar-refractivity contribution in [3.05, 3.63) is 35.1 Å². The van der Waals surface area contributed by atoms with E-state index >= 15 is 0 Å². The van der Waals surface area contributed by atoms with Gasteiger partial charge in [-0.15, -0.1) is 0 Å². The van der Waals surface area contributed by atoms with Gasteiger partial charge in [0, 0.05) is 18.4 Å². The Bertz CT molecular complexity index is 642. The number of fused-ring (bicyclic) bond motifs is 1. The molecule has 132 valence electrons. The van der Waals surface area contributed by atoms with Gasteiger partial charge in [-0.25, -0.2) is 4.79 Å². The minimum Gasteiger partial charge on any atom is -0.504 e. The molecule has 3 N–H and O–H groups in total. The SMILES string of the molecule is C=C1C[C@@H](O)[C@H]2C(C)=C(O)C(=O)C[C@@]2(C)[C@H]1CC/C(C)=C/C(=O)O. The minimum absolute atomic E-state index is 0.00459. The second kappa shape index (κ2) is 6.55. The number of aliphatic carboxylic acids is 1. The summed E-state index contributed by atoms with van der Waals surface area (Å²) in [6.45, 7) is 9.56. The Morgan fingerprint density at radius 1 is 1.46 bits per heavy atom. The zero-order valence-corrected chi connectivity index (χ0v) is 14.5. The van der Waals surface area contributed by atoms with E-state index in [1.54, 1.807) is 13.8 Å². The number of carbonyl (C=O) groups excluding carboxylic acids is 1. The van der Waals surface area contributed by atoms with Crippen LogP contribution in [0.3, 0.4) is 0 Å². The smallest absolute Gasteiger partial charge is 0.328 e. The highest BCUT2D eigenvalue weighted by Gasteiger charge is 2.54. The van der Waals surface area contributed by atoms with Gasteiger partial charge in [-0.3, -0.25) is 4.79 Å². The van der Waals surface area contributed by atoms with E-state index in [9.17, 15) is 19.8 Å². The van der Waals surface area contributed by atoms with Crippen LogP contribution in [0.5, 0.6) is 0 Å². The second-order valence-electron chi connectivity index (χ2n) is 7.46. The fraction of sp³-hybridized carbons (Fsp3) is 0.579. The lowest BCUT2D eigenvalue weighted by Gasteiger charge is -2.53. The molecule has 5 heteroatoms. The number of aliphatic hydroxyl groups excluding tert-OH is 2. The van der Waals surface area contributed by atoms with Crippen LogP contribution in [0.1, 0.15) is 46.5 Å². The third kappa shape index (κ3) is 3.18. The molecule has 0 spiro atoms. The first-order chi connectivity index (χ1) is 11.1. The summed E-state index contributed by atoms with van der Waals surface area (Å²) in [5.41, 5.74) is 1.70. The average Bonchev–Trinajstić information content (AvgIpc) is 2.43. The van der Waals surface area contributed by atoms with Crippen LogP contribution < -0.4 is 0 Å². The molecule has 2 aliphatic carbocycles. The van der Waals surface area contributed by atoms with E-state index < -0.39 is 17.5 Å². The van der Waals surface area contributed by atoms with Gasteiger partial charge in [0.15, 0.2) is 11.5 Å². The number of hydrogen-bond acceptors (Lipinski definition) is 4. The molecule has 0 aliphatic heterocycles. The molecule has 4 atom stereocenters. The van der Waals surface area contributed by atoms with Crippen LogP contribution >= 0.6 is 0 Å². The maximum atomic E-state index is 12.2. The number of ketones is 1. The summed E-state index contributed by atoms with van der Waals surface area (Å²) in [6.07, 6.45) is 2.41. The van der Waals surface area contributed by atoms with Crippen molar-refractivity contribution in [1.82, 2.24) is 0 Å². The lowest BCUT2D eigenvalue weighted by atomic mass is 9.52. The molecule has 2 aliphatic rings. The van der Waals surface area contributed by atoms with Crippen molar-refractivity contribution >= 4 is 11.8 Å². The highest BCUT2D eigenvalue weighted by atomic mass is 16.4. The third-order valence-corrected chi connectivity index (χ3v) is 5.70. The first-order valence-corrected chi connectivity index (χ1v) is 8.26. The van der Waals surface area contributed by atoms with Crippen LogP contribution in [0.4, 0.5) is 0 Å². The Hall–Kier alpha value is -1.88. The van der Waals surface area contributed by atoms with Crippen molar-refractivity contribution in [2.45, 2.75) is 52.6 Å². The third-order valence-electron chi connectivity index (χ3n) is 5.70. The zero-order valence-electron chi connectivity index (χ0n) is 14.5. The standard InChI is InChI=1S/C19H26O5/c1-10(7-16(22)23)5-6-13-11(2)8-14(20)17-12(3)18(24)15(21)9-19(13,17)4/h7,13-14,17,20,24H,2,5-6,8-9H2,1,3-4H3,(H,22,23)/b10-7+/t13-,14+,17+,19-/m0/s1. The van der Waals surface area contributed by atoms with Gasteiger partial charge in [-0.05, 0) is 50.0 Å². The van der Waals surface area contributed by atoms with Crippen LogP contribution in [0.2, 0.25) is 0 Å². The molecule has 5 nitrogen and oxygen atoms in total. The Morgan fingerprint density at radius 3 is 2.67 bits per heavy atom. The maximum Gasteiger partial charge on any atom is 0.328 e. The van der Waals surface area contributed by atoms with E-state index in [4.69, 9.17) is 5.11 Å². The number of carboxylic acids is 1. The predicted molar refractivity (Wildman–Crippen MR) is 90.4 cm³/mol. The number of aliphatic hydroxyl groups is 2. The summed E-state index contributed by atoms with van der Waals surface area (Å²) in [7, 11) is 0. The lowest BCUT2D eigenvalue weighted by Crippen LogP contribution is -2.51. The largest absolute Gasteiger partial charge is 0.504 e. The van der Waals surface area contributed by atoms with Crippen molar-refractivity contribution in [3.8, 4) is 0 Å². The van der Waals surface area contributed by atoms with E-state index in [-0.39, 0.29) is 29.8 Å². The molecule has 2 rings (SSSR count). The first kappa shape index (κ1) is 18.5. The van der Waals surface area contributed by atoms with Crippen LogP contribution in [0.25, 0.3) is 0 Å². The summed E-state index contributed by atoms with van der Waals surface area (Å²) >= 11 is 0. The van der Waals surface area contributed by atoms with Crippen LogP contribution in [0, 0.1) is 17.3 Å². The molecule has 0 aromatic heterocycles. The van der Waals surface area contributed by atoms with Crippen molar-refractivity contribution in [2.75, 3.05) is 0 Å². The molecular weight excluding hydrogens is 308 g/mol. The topological polar surface area (TPSA) is 94.8 Å². The van der Waals surface area contributed by atoms with E-state index in [2.05, 4.69) is 6.58 Å². The molecule has 0 heterocycles. The number of hydrogen-bond donors (Lipinski definition) is 3. The Labute approximate surface area is 142 Å². The van der Waals surface area contributed by atoms with Gasteiger partial charge in [-0.1, -0.05) is 24.6 Å². The van der Waals surface area contributed by atoms with Crippen LogP contribution in [0.15, 0.2) is 35.1 Å². The van der Waals surface area contributed by atoms with Crippen LogP contribution in [-0.2, 0) is 9.59 Å². The predicted octanol–water partition coefficient (Wildman–Crippen LogP) is 3.16. The van der Waals surface area contributed by atoms with Crippen molar-refractivity contribution in [2.24, 2.45) is 17.3 Å². The fourth-order valence-electron chi connectivity index (χ4n) is 4.65. The summed E-state index contributed by atoms with van der Waals surface area (Å²) in [5.74, 6) is -1.77. The van der Waals surface area contributed by atoms with Crippen molar-refractivity contribution in [3.63, 3.8) is 0 Å². The molecule has 24 heavy (non-hydrogen) atoms. The van der Waals surface area contributed by atoms with E-state index in [1.165, 1.54) is 6.08 Å². The van der Waals surface area contributed by atoms with Gasteiger partial charge in [0.25, 0.3) is 0 Å². The molecule has 0 unspecified atom stereocenters. The quantitative estimate of drug-likeness (QED) is 0.542. The van der Waals surface area contributed by atoms with Gasteiger partial charge in [0.1, 0.15) is 0 Å². The van der Waals surface area contributed by atoms with E-state index in [0.717, 1.165) is 11.1 Å². The van der Waals surface area contributed by atoms with Gasteiger partial charge in [0.2, 0.25) is 0 Å². The van der Waals surface area contributed by atoms with Gasteiger partial charge >= 0.3 is 5.97 Å². The normalized spacial score (nSPS) is 34.3. The molecule has 0 saturated heterocycles. The van der Waals surface area contributed by atoms with Gasteiger partial charge < -0.3 is 15.3 Å². The van der Waals surface area contributed by atoms with E-state index in [1.807, 2.05) is 6.92 Å². The summed E-state index contributed by atoms with van der Waals surface area (Å²) in [4.78, 5) is 23.0. The molecule has 0 aromatic rings. The molecule has 1 saturated carbocycles. The van der Waals surface area contributed by atoms with Crippen molar-refractivity contribution < 1.29 is 24.9 Å². The Morgan fingerprint density at radius 2 is 2.08 bits per heavy atom. The summed E-state index contributed by atoms with van der Waals surface area (Å²) in [6, 6.07) is 0. The van der Waals surface area contributed by atoms with Crippen molar-refractivity contribution in [1.29, 1.82) is 0 Å². The molecule has 1 fully saturated rings. The van der Waals surface area contributed by atoms with Gasteiger partial charge in [0.05, 0.1) is 6.10 Å². The number of carboxylic acid groups (broad SMARTS) is 1. The lowest BCUT2D eigenvalue weighted by molar-refractivity contribution is -0.131. The van der Waals surface area contributed by atoms with E-state index in [0.29, 0.717) is 24.8 Å². The summed E-state index contributed by atoms with van der Waals surface area (Å²) in [5, 5.41) is 29.4. The van der Waals surface area contributed by atoms with Crippen LogP contribution in [-0.4, -0.2) is 33.2 Å². The molecule has 0 bridgehead atoms. The number of carbonyl (C=O) groups is 2. The fourth-order valence-corrected chi connectivity index (χ4v) is 4.65. The highest BCUT2D eigenvalue weighted by Crippen LogP contribution is 2.56. The number of allylic oxidation sites excluding steroid dienone is 2. The Kier molecular flexibility index (Phi) is 5.04. The second-order valence-corrected chi connectivity index (χ2v) is 7.46.